The molecule has 3 nitrogen and oxygen atoms in total. The summed E-state index contributed by atoms with van der Waals surface area (Å²) in [7, 11) is 0. The maximum atomic E-state index is 7.30. The van der Waals surface area contributed by atoms with Crippen LogP contribution in [0, 0.1) is 0 Å². The molecule has 0 saturated carbocycles. The largest absolute Gasteiger partial charge is 0.454 e. The fourth-order valence-electron chi connectivity index (χ4n) is 14.1. The van der Waals surface area contributed by atoms with E-state index in [0.717, 1.165) is 72.1 Å². The molecule has 83 heavy (non-hydrogen) atoms. The van der Waals surface area contributed by atoms with Gasteiger partial charge in [-0.3, -0.25) is 0 Å². The maximum Gasteiger partial charge on any atom is 0.159 e. The van der Waals surface area contributed by atoms with Crippen molar-refractivity contribution >= 4 is 83.3 Å². The third-order valence-electron chi connectivity index (χ3n) is 17.4. The number of benzene rings is 13. The van der Waals surface area contributed by atoms with Crippen molar-refractivity contribution in [2.24, 2.45) is 0 Å². The molecule has 0 unspecified atom stereocenters. The quantitative estimate of drug-likeness (QED) is 0.159. The first-order valence-corrected chi connectivity index (χ1v) is 28.4. The van der Waals surface area contributed by atoms with Gasteiger partial charge in [-0.25, -0.2) is 0 Å². The second kappa shape index (κ2) is 19.8. The van der Waals surface area contributed by atoms with Gasteiger partial charge in [0.15, 0.2) is 11.2 Å². The van der Waals surface area contributed by atoms with Crippen LogP contribution in [0.3, 0.4) is 0 Å². The Morgan fingerprint density at radius 3 is 1.12 bits per heavy atom. The smallest absolute Gasteiger partial charge is 0.159 e. The molecule has 4 heteroatoms. The van der Waals surface area contributed by atoms with Gasteiger partial charge in [0.25, 0.3) is 0 Å². The number of halogens is 1. The predicted octanol–water partition coefficient (Wildman–Crippen LogP) is 21.8. The van der Waals surface area contributed by atoms with E-state index in [9.17, 15) is 0 Å². The Morgan fingerprint density at radius 1 is 0.265 bits per heavy atom. The normalized spacial score (nSPS) is 13.2. The molecule has 17 rings (SSSR count). The molecule has 0 spiro atoms. The molecule has 2 aliphatic rings. The lowest BCUT2D eigenvalue weighted by Crippen LogP contribution is -2.28. The Labute approximate surface area is 487 Å². The van der Waals surface area contributed by atoms with Gasteiger partial charge in [0, 0.05) is 43.7 Å². The van der Waals surface area contributed by atoms with Gasteiger partial charge in [0.05, 0.1) is 27.2 Å². The summed E-state index contributed by atoms with van der Waals surface area (Å²) in [4.78, 5) is 2.35. The Hall–Kier alpha value is -10.2. The summed E-state index contributed by atoms with van der Waals surface area (Å²) in [5.41, 5.74) is 20.4. The zero-order chi connectivity index (χ0) is 54.4. The van der Waals surface area contributed by atoms with Gasteiger partial charge >= 0.3 is 0 Å². The van der Waals surface area contributed by atoms with Crippen molar-refractivity contribution in [3.63, 3.8) is 0 Å². The highest BCUT2D eigenvalue weighted by Crippen LogP contribution is 2.60. The fourth-order valence-corrected chi connectivity index (χ4v) is 14.3. The summed E-state index contributed by atoms with van der Waals surface area (Å²) in [6.45, 7) is 0. The van der Waals surface area contributed by atoms with Crippen LogP contribution in [0.2, 0.25) is 5.02 Å². The lowest BCUT2D eigenvalue weighted by molar-refractivity contribution is 0.648. The van der Waals surface area contributed by atoms with Crippen molar-refractivity contribution in [3.8, 4) is 22.3 Å². The maximum absolute atomic E-state index is 7.30. The molecular formula is C79H54ClNO2. The van der Waals surface area contributed by atoms with Crippen molar-refractivity contribution < 1.29 is 8.83 Å². The van der Waals surface area contributed by atoms with Gasteiger partial charge in [0.1, 0.15) is 11.2 Å². The Bertz CT molecular complexity index is 4870. The van der Waals surface area contributed by atoms with E-state index in [4.69, 9.17) is 20.4 Å². The zero-order valence-corrected chi connectivity index (χ0v) is 45.3. The number of hydrogen-bond donors (Lipinski definition) is 0. The minimum absolute atomic E-state index is 0. The molecule has 0 fully saturated rings. The van der Waals surface area contributed by atoms with Crippen molar-refractivity contribution in [2.45, 2.75) is 18.3 Å². The lowest BCUT2D eigenvalue weighted by Gasteiger charge is -2.33. The number of furan rings is 2. The molecule has 0 bridgehead atoms. The lowest BCUT2D eigenvalue weighted by atomic mass is 9.67. The van der Waals surface area contributed by atoms with Gasteiger partial charge in [-0.1, -0.05) is 292 Å². The van der Waals surface area contributed by atoms with Crippen LogP contribution in [-0.4, -0.2) is 0 Å². The SMILES string of the molecule is C.Clc1cccc2c1oc1c(C3(c4ccccc4)c4ccccc4-c4ccccc43)cccc12.c1ccc(N(c2cccc3ccccc23)c2cccc3c2oc2c(C4(c5ccccc5)c5ccccc5-c5ccccc54)cccc23)cc1. The van der Waals surface area contributed by atoms with Crippen LogP contribution in [0.25, 0.3) is 76.9 Å². The monoisotopic (exact) mass is 1080 g/mol. The summed E-state index contributed by atoms with van der Waals surface area (Å²) in [5.74, 6) is 0. The number of anilines is 3. The van der Waals surface area contributed by atoms with E-state index in [0.29, 0.717) is 5.02 Å². The van der Waals surface area contributed by atoms with Crippen LogP contribution in [0.4, 0.5) is 17.1 Å². The van der Waals surface area contributed by atoms with Crippen molar-refractivity contribution in [3.05, 3.63) is 353 Å². The third kappa shape index (κ3) is 7.31. The Kier molecular flexibility index (Phi) is 11.9. The number of fused-ring (bicyclic) bond motifs is 13. The average Bonchev–Trinajstić information content (AvgIpc) is 2.41. The number of para-hydroxylation sites is 5. The summed E-state index contributed by atoms with van der Waals surface area (Å²) < 4.78 is 13.9. The standard InChI is InChI=1S/C47H31NO.C31H19ClO.CH4/c1-3-18-33(19-4-1)47(40-27-11-9-23-36(40)37-24-10-12-28-41(37)47)42-29-14-25-38-39-26-15-31-44(46(39)49-45(38)42)48(34-20-5-2-6-21-34)43-30-13-17-32-16-7-8-22-35(32)43;32-28-19-9-15-24-23-14-8-18-27(29(23)33-30(24)28)31(20-10-2-1-3-11-20)25-16-6-4-12-21(25)22-13-5-7-17-26(22)31;/h1-31H;1-19H;1H4. The van der Waals surface area contributed by atoms with Crippen LogP contribution in [0.5, 0.6) is 0 Å². The minimum atomic E-state index is -0.559. The van der Waals surface area contributed by atoms with Gasteiger partial charge in [0.2, 0.25) is 0 Å². The molecule has 0 N–H and O–H groups in total. The van der Waals surface area contributed by atoms with Gasteiger partial charge in [-0.2, -0.15) is 0 Å². The number of nitrogens with zero attached hydrogens (tertiary/aromatic N) is 1. The van der Waals surface area contributed by atoms with Crippen LogP contribution in [-0.2, 0) is 10.8 Å². The molecule has 13 aromatic carbocycles. The fraction of sp³-hybridized carbons (Fsp3) is 0.0380. The van der Waals surface area contributed by atoms with E-state index in [2.05, 4.69) is 296 Å². The van der Waals surface area contributed by atoms with Crippen LogP contribution >= 0.6 is 11.6 Å². The minimum Gasteiger partial charge on any atom is -0.454 e. The van der Waals surface area contributed by atoms with E-state index in [-0.39, 0.29) is 7.43 Å². The first kappa shape index (κ1) is 49.8. The number of hydrogen-bond acceptors (Lipinski definition) is 3. The highest BCUT2D eigenvalue weighted by atomic mass is 35.5. The topological polar surface area (TPSA) is 29.5 Å². The Morgan fingerprint density at radius 2 is 0.602 bits per heavy atom. The van der Waals surface area contributed by atoms with Crippen molar-refractivity contribution in [1.29, 1.82) is 0 Å². The van der Waals surface area contributed by atoms with Crippen LogP contribution in [0.1, 0.15) is 51.9 Å². The molecule has 0 saturated heterocycles. The molecule has 0 radical (unpaired) electrons. The summed E-state index contributed by atoms with van der Waals surface area (Å²) in [6.07, 6.45) is 0. The highest BCUT2D eigenvalue weighted by Gasteiger charge is 2.49. The molecule has 2 heterocycles. The molecular weight excluding hydrogens is 1030 g/mol. The van der Waals surface area contributed by atoms with Crippen molar-refractivity contribution in [1.82, 2.24) is 0 Å². The van der Waals surface area contributed by atoms with Crippen LogP contribution in [0.15, 0.2) is 312 Å². The predicted molar refractivity (Wildman–Crippen MR) is 346 cm³/mol. The third-order valence-corrected chi connectivity index (χ3v) is 17.7. The van der Waals surface area contributed by atoms with Gasteiger partial charge in [-0.15, -0.1) is 0 Å². The second-order valence-electron chi connectivity index (χ2n) is 21.4. The van der Waals surface area contributed by atoms with Crippen LogP contribution < -0.4 is 4.90 Å². The average molecular weight is 1080 g/mol. The number of rotatable bonds is 7. The summed E-state index contributed by atoms with van der Waals surface area (Å²) >= 11 is 6.56. The van der Waals surface area contributed by atoms with Gasteiger partial charge in [-0.05, 0) is 91.4 Å². The highest BCUT2D eigenvalue weighted by molar-refractivity contribution is 6.36. The zero-order valence-electron chi connectivity index (χ0n) is 44.5. The van der Waals surface area contributed by atoms with E-state index < -0.39 is 10.8 Å². The molecule has 15 aromatic rings. The molecule has 2 aliphatic carbocycles. The molecule has 0 amide bonds. The van der Waals surface area contributed by atoms with E-state index in [1.54, 1.807) is 0 Å². The van der Waals surface area contributed by atoms with E-state index in [1.807, 2.05) is 12.1 Å². The first-order valence-electron chi connectivity index (χ1n) is 28.0. The second-order valence-corrected chi connectivity index (χ2v) is 21.8. The van der Waals surface area contributed by atoms with Gasteiger partial charge < -0.3 is 13.7 Å². The Balaban J connectivity index is 0.000000151. The van der Waals surface area contributed by atoms with Crippen molar-refractivity contribution in [2.75, 3.05) is 4.90 Å². The van der Waals surface area contributed by atoms with E-state index >= 15 is 0 Å². The molecule has 394 valence electrons. The first-order chi connectivity index (χ1) is 40.6. The molecule has 0 atom stereocenters. The molecule has 2 aromatic heterocycles. The summed E-state index contributed by atoms with van der Waals surface area (Å²) in [5, 5.41) is 7.35. The van der Waals surface area contributed by atoms with E-state index in [1.165, 1.54) is 66.4 Å². The molecule has 0 aliphatic heterocycles. The summed E-state index contributed by atoms with van der Waals surface area (Å²) in [6, 6.07) is 108.